The molecule has 1 unspecified atom stereocenters. The molecule has 6 nitrogen and oxygen atoms in total. The maximum atomic E-state index is 12.5. The SMILES string of the molecule is CCOc1ccccc1C1C(C#N)=C(N)Oc2cc(OC(=O)c3ccccc3Cl)ccc21. The van der Waals surface area contributed by atoms with E-state index in [-0.39, 0.29) is 22.8 Å². The van der Waals surface area contributed by atoms with Gasteiger partial charge in [-0.1, -0.05) is 48.0 Å². The van der Waals surface area contributed by atoms with E-state index in [1.165, 1.54) is 0 Å². The normalized spacial score (nSPS) is 14.7. The number of hydrogen-bond donors (Lipinski definition) is 1. The fourth-order valence-electron chi connectivity index (χ4n) is 3.61. The summed E-state index contributed by atoms with van der Waals surface area (Å²) in [6.07, 6.45) is 0. The van der Waals surface area contributed by atoms with Gasteiger partial charge in [-0.25, -0.2) is 4.79 Å². The van der Waals surface area contributed by atoms with Crippen molar-refractivity contribution in [1.82, 2.24) is 0 Å². The molecule has 0 radical (unpaired) electrons. The lowest BCUT2D eigenvalue weighted by atomic mass is 9.83. The zero-order valence-corrected chi connectivity index (χ0v) is 17.9. The van der Waals surface area contributed by atoms with Crippen molar-refractivity contribution < 1.29 is 19.0 Å². The number of benzene rings is 3. The van der Waals surface area contributed by atoms with Gasteiger partial charge in [-0.2, -0.15) is 5.26 Å². The van der Waals surface area contributed by atoms with Crippen molar-refractivity contribution in [2.75, 3.05) is 6.61 Å². The molecular weight excluding hydrogens is 428 g/mol. The molecule has 1 atom stereocenters. The van der Waals surface area contributed by atoms with E-state index in [4.69, 9.17) is 31.5 Å². The van der Waals surface area contributed by atoms with Crippen LogP contribution in [-0.4, -0.2) is 12.6 Å². The number of halogens is 1. The van der Waals surface area contributed by atoms with Crippen LogP contribution in [0.25, 0.3) is 0 Å². The molecule has 2 N–H and O–H groups in total. The number of nitrogens with two attached hydrogens (primary N) is 1. The molecule has 0 spiro atoms. The molecule has 3 aromatic rings. The maximum Gasteiger partial charge on any atom is 0.345 e. The number of ether oxygens (including phenoxy) is 3. The smallest absolute Gasteiger partial charge is 0.345 e. The van der Waals surface area contributed by atoms with E-state index in [2.05, 4.69) is 6.07 Å². The molecule has 3 aromatic carbocycles. The van der Waals surface area contributed by atoms with Crippen LogP contribution in [0.3, 0.4) is 0 Å². The Labute approximate surface area is 190 Å². The van der Waals surface area contributed by atoms with Gasteiger partial charge >= 0.3 is 5.97 Å². The monoisotopic (exact) mass is 446 g/mol. The molecule has 1 aliphatic heterocycles. The van der Waals surface area contributed by atoms with Gasteiger partial charge in [0.2, 0.25) is 5.88 Å². The number of fused-ring (bicyclic) bond motifs is 1. The van der Waals surface area contributed by atoms with Gasteiger partial charge in [-0.15, -0.1) is 0 Å². The molecule has 4 rings (SSSR count). The van der Waals surface area contributed by atoms with Crippen LogP contribution in [0.15, 0.2) is 78.2 Å². The Morgan fingerprint density at radius 1 is 1.12 bits per heavy atom. The van der Waals surface area contributed by atoms with Gasteiger partial charge in [0.05, 0.1) is 23.1 Å². The number of allylic oxidation sites excluding steroid dienone is 1. The van der Waals surface area contributed by atoms with Gasteiger partial charge in [0.1, 0.15) is 28.9 Å². The fraction of sp³-hybridized carbons (Fsp3) is 0.120. The third kappa shape index (κ3) is 3.98. The summed E-state index contributed by atoms with van der Waals surface area (Å²) < 4.78 is 17.0. The second kappa shape index (κ2) is 9.04. The predicted molar refractivity (Wildman–Crippen MR) is 120 cm³/mol. The van der Waals surface area contributed by atoms with Crippen LogP contribution in [0.5, 0.6) is 17.2 Å². The number of nitrogens with zero attached hydrogens (tertiary/aromatic N) is 1. The molecule has 0 bridgehead atoms. The van der Waals surface area contributed by atoms with Crippen molar-refractivity contribution in [2.45, 2.75) is 12.8 Å². The average molecular weight is 447 g/mol. The first-order valence-electron chi connectivity index (χ1n) is 9.93. The summed E-state index contributed by atoms with van der Waals surface area (Å²) in [4.78, 5) is 12.5. The topological polar surface area (TPSA) is 94.6 Å². The number of carbonyl (C=O) groups excluding carboxylic acids is 1. The lowest BCUT2D eigenvalue weighted by molar-refractivity contribution is 0.0734. The van der Waals surface area contributed by atoms with Gasteiger partial charge in [-0.05, 0) is 31.2 Å². The van der Waals surface area contributed by atoms with E-state index in [9.17, 15) is 10.1 Å². The minimum Gasteiger partial charge on any atom is -0.494 e. The molecule has 160 valence electrons. The Bertz CT molecular complexity index is 1260. The van der Waals surface area contributed by atoms with Gasteiger partial charge < -0.3 is 19.9 Å². The van der Waals surface area contributed by atoms with Crippen molar-refractivity contribution in [3.63, 3.8) is 0 Å². The molecular formula is C25H19ClN2O4. The maximum absolute atomic E-state index is 12.5. The van der Waals surface area contributed by atoms with Crippen molar-refractivity contribution in [3.8, 4) is 23.3 Å². The van der Waals surface area contributed by atoms with Crippen LogP contribution >= 0.6 is 11.6 Å². The van der Waals surface area contributed by atoms with Gasteiger partial charge in [-0.3, -0.25) is 0 Å². The molecule has 32 heavy (non-hydrogen) atoms. The highest BCUT2D eigenvalue weighted by atomic mass is 35.5. The number of esters is 1. The van der Waals surface area contributed by atoms with Crippen LogP contribution in [0.2, 0.25) is 5.02 Å². The summed E-state index contributed by atoms with van der Waals surface area (Å²) in [7, 11) is 0. The number of para-hydroxylation sites is 1. The summed E-state index contributed by atoms with van der Waals surface area (Å²) in [5, 5.41) is 10.1. The Hall–Kier alpha value is -3.95. The molecule has 1 aliphatic rings. The van der Waals surface area contributed by atoms with Crippen LogP contribution in [0, 0.1) is 11.3 Å². The van der Waals surface area contributed by atoms with Gasteiger partial charge in [0.25, 0.3) is 0 Å². The van der Waals surface area contributed by atoms with E-state index in [0.717, 1.165) is 5.56 Å². The summed E-state index contributed by atoms with van der Waals surface area (Å²) in [5.41, 5.74) is 8.12. The molecule has 0 amide bonds. The minimum absolute atomic E-state index is 0.00844. The summed E-state index contributed by atoms with van der Waals surface area (Å²) >= 11 is 6.09. The number of hydrogen-bond acceptors (Lipinski definition) is 6. The summed E-state index contributed by atoms with van der Waals surface area (Å²) in [6, 6.07) is 21.2. The standard InChI is InChI=1S/C25H19ClN2O4/c1-2-30-21-10-6-4-8-17(21)23-18-12-11-15(13-22(18)32-24(28)19(23)14-27)31-25(29)16-7-3-5-9-20(16)26/h3-13,23H,2,28H2,1H3. The third-order valence-electron chi connectivity index (χ3n) is 5.02. The molecule has 0 saturated heterocycles. The number of nitriles is 1. The number of rotatable bonds is 5. The van der Waals surface area contributed by atoms with Crippen LogP contribution in [0.1, 0.15) is 34.3 Å². The Balaban J connectivity index is 1.73. The van der Waals surface area contributed by atoms with Crippen molar-refractivity contribution >= 4 is 17.6 Å². The first-order valence-corrected chi connectivity index (χ1v) is 10.3. The second-order valence-corrected chi connectivity index (χ2v) is 7.37. The van der Waals surface area contributed by atoms with E-state index in [1.807, 2.05) is 31.2 Å². The Morgan fingerprint density at radius 2 is 1.88 bits per heavy atom. The first-order chi connectivity index (χ1) is 15.5. The fourth-order valence-corrected chi connectivity index (χ4v) is 3.83. The lowest BCUT2D eigenvalue weighted by Crippen LogP contribution is -2.21. The number of carbonyl (C=O) groups is 1. The Kier molecular flexibility index (Phi) is 6.02. The molecule has 0 aromatic heterocycles. The van der Waals surface area contributed by atoms with Crippen LogP contribution in [-0.2, 0) is 0 Å². The molecule has 0 fully saturated rings. The zero-order chi connectivity index (χ0) is 22.7. The lowest BCUT2D eigenvalue weighted by Gasteiger charge is -2.27. The van der Waals surface area contributed by atoms with E-state index >= 15 is 0 Å². The van der Waals surface area contributed by atoms with Crippen LogP contribution in [0.4, 0.5) is 0 Å². The highest BCUT2D eigenvalue weighted by molar-refractivity contribution is 6.33. The largest absolute Gasteiger partial charge is 0.494 e. The van der Waals surface area contributed by atoms with Crippen LogP contribution < -0.4 is 19.9 Å². The summed E-state index contributed by atoms with van der Waals surface area (Å²) in [5.74, 6) is 0.222. The van der Waals surface area contributed by atoms with E-state index < -0.39 is 11.9 Å². The average Bonchev–Trinajstić information content (AvgIpc) is 2.79. The quantitative estimate of drug-likeness (QED) is 0.429. The third-order valence-corrected chi connectivity index (χ3v) is 5.35. The van der Waals surface area contributed by atoms with Gasteiger partial charge in [0, 0.05) is 17.2 Å². The molecule has 7 heteroatoms. The highest BCUT2D eigenvalue weighted by Gasteiger charge is 2.33. The molecule has 1 heterocycles. The van der Waals surface area contributed by atoms with E-state index in [0.29, 0.717) is 28.7 Å². The predicted octanol–water partition coefficient (Wildman–Crippen LogP) is 5.18. The first kappa shape index (κ1) is 21.3. The van der Waals surface area contributed by atoms with Crippen molar-refractivity contribution in [2.24, 2.45) is 5.73 Å². The summed E-state index contributed by atoms with van der Waals surface area (Å²) in [6.45, 7) is 2.37. The molecule has 0 aliphatic carbocycles. The van der Waals surface area contributed by atoms with Crippen molar-refractivity contribution in [1.29, 1.82) is 5.26 Å². The zero-order valence-electron chi connectivity index (χ0n) is 17.2. The highest BCUT2D eigenvalue weighted by Crippen LogP contribution is 2.45. The Morgan fingerprint density at radius 3 is 2.62 bits per heavy atom. The second-order valence-electron chi connectivity index (χ2n) is 6.96. The van der Waals surface area contributed by atoms with Crippen molar-refractivity contribution in [3.05, 3.63) is 99.9 Å². The van der Waals surface area contributed by atoms with E-state index in [1.54, 1.807) is 42.5 Å². The molecule has 0 saturated carbocycles. The minimum atomic E-state index is -0.592. The van der Waals surface area contributed by atoms with Gasteiger partial charge in [0.15, 0.2) is 0 Å².